The minimum atomic E-state index is 0. The molecule has 24 heavy (non-hydrogen) atoms. The lowest BCUT2D eigenvalue weighted by atomic mass is 10.2. The lowest BCUT2D eigenvalue weighted by molar-refractivity contribution is -0.117. The number of nitrogens with zero attached hydrogens (tertiary/aromatic N) is 2. The van der Waals surface area contributed by atoms with Gasteiger partial charge in [0.15, 0.2) is 0 Å². The molecule has 2 aliphatic heterocycles. The van der Waals surface area contributed by atoms with Gasteiger partial charge in [0.1, 0.15) is 0 Å². The maximum Gasteiger partial charge on any atom is 0.238 e. The monoisotopic (exact) mass is 372 g/mol. The minimum absolute atomic E-state index is 0. The van der Waals surface area contributed by atoms with Crippen molar-refractivity contribution >= 4 is 35.6 Å². The average molecular weight is 373 g/mol. The van der Waals surface area contributed by atoms with Gasteiger partial charge in [-0.1, -0.05) is 11.6 Å². The third kappa shape index (κ3) is 5.07. The highest BCUT2D eigenvalue weighted by Gasteiger charge is 2.26. The van der Waals surface area contributed by atoms with Crippen molar-refractivity contribution in [3.63, 3.8) is 0 Å². The molecule has 7 heteroatoms. The Hall–Kier alpha value is -0.850. The maximum atomic E-state index is 12.2. The quantitative estimate of drug-likeness (QED) is 0.848. The van der Waals surface area contributed by atoms with Crippen LogP contribution < -0.4 is 10.6 Å². The Morgan fingerprint density at radius 3 is 2.71 bits per heavy atom. The molecule has 1 unspecified atom stereocenters. The fourth-order valence-corrected chi connectivity index (χ4v) is 3.62. The van der Waals surface area contributed by atoms with Gasteiger partial charge in [-0.2, -0.15) is 0 Å². The molecule has 0 saturated carbocycles. The lowest BCUT2D eigenvalue weighted by Gasteiger charge is -2.37. The first-order valence-corrected chi connectivity index (χ1v) is 8.73. The summed E-state index contributed by atoms with van der Waals surface area (Å²) >= 11 is 5.95. The van der Waals surface area contributed by atoms with Gasteiger partial charge in [0.25, 0.3) is 0 Å². The molecule has 0 radical (unpaired) electrons. The highest BCUT2D eigenvalue weighted by molar-refractivity contribution is 6.30. The summed E-state index contributed by atoms with van der Waals surface area (Å²) in [6.07, 6.45) is 1.25. The molecule has 3 rings (SSSR count). The number of carbonyl (C=O) groups is 1. The lowest BCUT2D eigenvalue weighted by Crippen LogP contribution is -2.52. The molecular weight excluding hydrogens is 347 g/mol. The van der Waals surface area contributed by atoms with Gasteiger partial charge in [-0.3, -0.25) is 14.6 Å². The number of rotatable bonds is 4. The number of amides is 1. The summed E-state index contributed by atoms with van der Waals surface area (Å²) in [5, 5.41) is 7.10. The van der Waals surface area contributed by atoms with Crippen LogP contribution in [0, 0.1) is 6.92 Å². The average Bonchev–Trinajstić information content (AvgIpc) is 3.05. The first-order chi connectivity index (χ1) is 11.1. The zero-order chi connectivity index (χ0) is 16.2. The van der Waals surface area contributed by atoms with Crippen LogP contribution in [0.5, 0.6) is 0 Å². The number of piperazine rings is 1. The third-order valence-electron chi connectivity index (χ3n) is 4.79. The van der Waals surface area contributed by atoms with E-state index in [0.29, 0.717) is 17.6 Å². The molecule has 1 amide bonds. The Morgan fingerprint density at radius 2 is 2.08 bits per heavy atom. The van der Waals surface area contributed by atoms with E-state index in [1.54, 1.807) is 6.07 Å². The number of carbonyl (C=O) groups excluding carboxylic acids is 1. The summed E-state index contributed by atoms with van der Waals surface area (Å²) in [4.78, 5) is 17.0. The Morgan fingerprint density at radius 1 is 1.33 bits per heavy atom. The molecule has 0 aliphatic carbocycles. The van der Waals surface area contributed by atoms with Gasteiger partial charge in [0.05, 0.1) is 6.54 Å². The summed E-state index contributed by atoms with van der Waals surface area (Å²) in [5.74, 6) is 0.0476. The zero-order valence-corrected chi connectivity index (χ0v) is 15.6. The number of aryl methyl sites for hydroxylation is 1. The van der Waals surface area contributed by atoms with Crippen molar-refractivity contribution in [3.05, 3.63) is 28.8 Å². The first-order valence-electron chi connectivity index (χ1n) is 8.35. The van der Waals surface area contributed by atoms with E-state index in [0.717, 1.165) is 50.5 Å². The van der Waals surface area contributed by atoms with E-state index in [1.165, 1.54) is 6.42 Å². The van der Waals surface area contributed by atoms with Crippen molar-refractivity contribution in [2.75, 3.05) is 51.1 Å². The van der Waals surface area contributed by atoms with Crippen molar-refractivity contribution in [1.29, 1.82) is 0 Å². The molecule has 2 heterocycles. The van der Waals surface area contributed by atoms with Gasteiger partial charge >= 0.3 is 0 Å². The van der Waals surface area contributed by atoms with Crippen LogP contribution in [0.15, 0.2) is 18.2 Å². The largest absolute Gasteiger partial charge is 0.325 e. The zero-order valence-electron chi connectivity index (χ0n) is 14.1. The smallest absolute Gasteiger partial charge is 0.238 e. The normalized spacial score (nSPS) is 22.2. The number of hydrogen-bond acceptors (Lipinski definition) is 4. The topological polar surface area (TPSA) is 47.6 Å². The van der Waals surface area contributed by atoms with Crippen LogP contribution in [0.2, 0.25) is 5.02 Å². The van der Waals surface area contributed by atoms with E-state index >= 15 is 0 Å². The van der Waals surface area contributed by atoms with Gasteiger partial charge in [0.2, 0.25) is 5.91 Å². The SMILES string of the molecule is Cc1cc(Cl)ccc1NC(=O)CN1CCN(C2CCNC2)CC1.Cl. The third-order valence-corrected chi connectivity index (χ3v) is 5.02. The van der Waals surface area contributed by atoms with Gasteiger partial charge in [-0.15, -0.1) is 12.4 Å². The molecule has 1 aromatic carbocycles. The summed E-state index contributed by atoms with van der Waals surface area (Å²) in [6, 6.07) is 6.22. The molecule has 5 nitrogen and oxygen atoms in total. The summed E-state index contributed by atoms with van der Waals surface area (Å²) < 4.78 is 0. The van der Waals surface area contributed by atoms with Gasteiger partial charge in [-0.05, 0) is 43.7 Å². The number of halogens is 2. The number of benzene rings is 1. The van der Waals surface area contributed by atoms with Crippen LogP contribution in [0.3, 0.4) is 0 Å². The van der Waals surface area contributed by atoms with Gasteiger partial charge in [0, 0.05) is 49.5 Å². The van der Waals surface area contributed by atoms with Crippen LogP contribution >= 0.6 is 24.0 Å². The van der Waals surface area contributed by atoms with E-state index in [1.807, 2.05) is 19.1 Å². The predicted octanol–water partition coefficient (Wildman–Crippen LogP) is 1.99. The van der Waals surface area contributed by atoms with Crippen molar-refractivity contribution in [1.82, 2.24) is 15.1 Å². The molecule has 2 aliphatic rings. The predicted molar refractivity (Wildman–Crippen MR) is 101 cm³/mol. The minimum Gasteiger partial charge on any atom is -0.325 e. The van der Waals surface area contributed by atoms with E-state index in [-0.39, 0.29) is 18.3 Å². The number of anilines is 1. The standard InChI is InChI=1S/C17H25ClN4O.ClH/c1-13-10-14(18)2-3-16(13)20-17(23)12-21-6-8-22(9-7-21)15-4-5-19-11-15;/h2-3,10,15,19H,4-9,11-12H2,1H3,(H,20,23);1H. The second-order valence-electron chi connectivity index (χ2n) is 6.47. The van der Waals surface area contributed by atoms with Crippen molar-refractivity contribution in [3.8, 4) is 0 Å². The summed E-state index contributed by atoms with van der Waals surface area (Å²) in [6.45, 7) is 8.69. The van der Waals surface area contributed by atoms with E-state index in [4.69, 9.17) is 11.6 Å². The van der Waals surface area contributed by atoms with Crippen LogP contribution in [-0.2, 0) is 4.79 Å². The molecular formula is C17H26Cl2N4O. The highest BCUT2D eigenvalue weighted by atomic mass is 35.5. The highest BCUT2D eigenvalue weighted by Crippen LogP contribution is 2.19. The van der Waals surface area contributed by atoms with Crippen molar-refractivity contribution in [2.45, 2.75) is 19.4 Å². The van der Waals surface area contributed by atoms with Crippen LogP contribution in [-0.4, -0.2) is 67.6 Å². The fraction of sp³-hybridized carbons (Fsp3) is 0.588. The Balaban J connectivity index is 0.00000208. The molecule has 2 fully saturated rings. The van der Waals surface area contributed by atoms with E-state index < -0.39 is 0 Å². The Labute approximate surface area is 155 Å². The molecule has 1 aromatic rings. The fourth-order valence-electron chi connectivity index (χ4n) is 3.40. The second-order valence-corrected chi connectivity index (χ2v) is 6.90. The van der Waals surface area contributed by atoms with Crippen LogP contribution in [0.1, 0.15) is 12.0 Å². The summed E-state index contributed by atoms with van der Waals surface area (Å²) in [5.41, 5.74) is 1.83. The molecule has 134 valence electrons. The van der Waals surface area contributed by atoms with Crippen LogP contribution in [0.25, 0.3) is 0 Å². The summed E-state index contributed by atoms with van der Waals surface area (Å²) in [7, 11) is 0. The van der Waals surface area contributed by atoms with Crippen LogP contribution in [0.4, 0.5) is 5.69 Å². The molecule has 2 saturated heterocycles. The van der Waals surface area contributed by atoms with Gasteiger partial charge in [-0.25, -0.2) is 0 Å². The number of nitrogens with one attached hydrogen (secondary N) is 2. The molecule has 0 bridgehead atoms. The second kappa shape index (κ2) is 9.02. The van der Waals surface area contributed by atoms with Crippen molar-refractivity contribution < 1.29 is 4.79 Å². The van der Waals surface area contributed by atoms with Crippen molar-refractivity contribution in [2.24, 2.45) is 0 Å². The Bertz CT molecular complexity index is 556. The van der Waals surface area contributed by atoms with E-state index in [9.17, 15) is 4.79 Å². The molecule has 2 N–H and O–H groups in total. The Kier molecular flexibility index (Phi) is 7.32. The molecule has 0 spiro atoms. The van der Waals surface area contributed by atoms with Gasteiger partial charge < -0.3 is 10.6 Å². The molecule has 0 aromatic heterocycles. The molecule has 1 atom stereocenters. The maximum absolute atomic E-state index is 12.2. The van der Waals surface area contributed by atoms with E-state index in [2.05, 4.69) is 20.4 Å². The first kappa shape index (κ1) is 19.5. The number of hydrogen-bond donors (Lipinski definition) is 2.